The Balaban J connectivity index is 2.53. The Kier molecular flexibility index (Phi) is 3.01. The molecule has 0 aliphatic carbocycles. The summed E-state index contributed by atoms with van der Waals surface area (Å²) >= 11 is 0. The van der Waals surface area contributed by atoms with E-state index in [-0.39, 0.29) is 5.78 Å². The minimum absolute atomic E-state index is 0.185. The number of aryl methyl sites for hydroxylation is 1. The molecule has 0 amide bonds. The Morgan fingerprint density at radius 2 is 2.12 bits per heavy atom. The van der Waals surface area contributed by atoms with E-state index >= 15 is 0 Å². The molecule has 3 heteroatoms. The van der Waals surface area contributed by atoms with Crippen molar-refractivity contribution in [3.8, 4) is 0 Å². The van der Waals surface area contributed by atoms with Gasteiger partial charge in [-0.05, 0) is 45.4 Å². The van der Waals surface area contributed by atoms with Crippen molar-refractivity contribution in [2.45, 2.75) is 40.2 Å². The van der Waals surface area contributed by atoms with Gasteiger partial charge in [0.1, 0.15) is 11.6 Å². The number of rotatable bonds is 3. The van der Waals surface area contributed by atoms with Crippen molar-refractivity contribution in [3.63, 3.8) is 0 Å². The van der Waals surface area contributed by atoms with E-state index in [0.717, 1.165) is 22.4 Å². The second kappa shape index (κ2) is 4.32. The number of carbonyl (C=O) groups is 1. The van der Waals surface area contributed by atoms with Crippen molar-refractivity contribution in [1.82, 2.24) is 9.55 Å². The highest BCUT2D eigenvalue weighted by molar-refractivity contribution is 5.82. The molecule has 0 radical (unpaired) electrons. The summed E-state index contributed by atoms with van der Waals surface area (Å²) in [5, 5.41) is 0. The molecule has 0 N–H and O–H groups in total. The first kappa shape index (κ1) is 11.8. The molecule has 3 nitrogen and oxygen atoms in total. The van der Waals surface area contributed by atoms with Crippen LogP contribution in [0.3, 0.4) is 0 Å². The molecule has 0 saturated heterocycles. The van der Waals surface area contributed by atoms with Crippen molar-refractivity contribution in [2.24, 2.45) is 0 Å². The highest BCUT2D eigenvalue weighted by atomic mass is 16.1. The number of imidazole rings is 1. The van der Waals surface area contributed by atoms with Crippen LogP contribution >= 0.6 is 0 Å². The molecule has 0 fully saturated rings. The number of hydrogen-bond donors (Lipinski definition) is 0. The van der Waals surface area contributed by atoms with E-state index in [1.54, 1.807) is 6.92 Å². The van der Waals surface area contributed by atoms with Crippen LogP contribution in [0.15, 0.2) is 18.2 Å². The molecular weight excluding hydrogens is 212 g/mol. The summed E-state index contributed by atoms with van der Waals surface area (Å²) in [7, 11) is 0. The van der Waals surface area contributed by atoms with Gasteiger partial charge in [0, 0.05) is 12.5 Å². The first-order valence-electron chi connectivity index (χ1n) is 5.96. The molecule has 1 heterocycles. The molecule has 1 aromatic carbocycles. The number of fused-ring (bicyclic) bond motifs is 1. The van der Waals surface area contributed by atoms with Gasteiger partial charge in [-0.25, -0.2) is 4.98 Å². The number of ketones is 1. The average Bonchev–Trinajstić information content (AvgIpc) is 2.51. The average molecular weight is 230 g/mol. The fourth-order valence-electron chi connectivity index (χ4n) is 2.31. The van der Waals surface area contributed by atoms with Crippen LogP contribution in [0.25, 0.3) is 11.0 Å². The zero-order valence-corrected chi connectivity index (χ0v) is 10.8. The Morgan fingerprint density at radius 1 is 1.41 bits per heavy atom. The van der Waals surface area contributed by atoms with Gasteiger partial charge in [-0.3, -0.25) is 4.79 Å². The predicted molar refractivity (Wildman–Crippen MR) is 69.2 cm³/mol. The standard InChI is InChI=1S/C14H18N2O/c1-9(2)16-11(4)15-13-8-12(7-10(3)17)5-6-14(13)16/h5-6,8-9H,7H2,1-4H3. The topological polar surface area (TPSA) is 34.9 Å². The van der Waals surface area contributed by atoms with Crippen LogP contribution in [-0.2, 0) is 11.2 Å². The number of nitrogens with zero attached hydrogens (tertiary/aromatic N) is 2. The molecule has 90 valence electrons. The summed E-state index contributed by atoms with van der Waals surface area (Å²) in [4.78, 5) is 15.7. The van der Waals surface area contributed by atoms with Crippen LogP contribution in [0.4, 0.5) is 0 Å². The third-order valence-electron chi connectivity index (χ3n) is 2.90. The van der Waals surface area contributed by atoms with Crippen LogP contribution in [0.1, 0.15) is 38.2 Å². The lowest BCUT2D eigenvalue weighted by molar-refractivity contribution is -0.116. The van der Waals surface area contributed by atoms with Gasteiger partial charge in [-0.2, -0.15) is 0 Å². The predicted octanol–water partition coefficient (Wildman–Crippen LogP) is 3.06. The normalized spacial score (nSPS) is 11.4. The summed E-state index contributed by atoms with van der Waals surface area (Å²) in [6.07, 6.45) is 0.490. The second-order valence-corrected chi connectivity index (χ2v) is 4.82. The molecule has 0 spiro atoms. The van der Waals surface area contributed by atoms with Crippen LogP contribution in [0.2, 0.25) is 0 Å². The fraction of sp³-hybridized carbons (Fsp3) is 0.429. The molecule has 0 saturated carbocycles. The quantitative estimate of drug-likeness (QED) is 0.812. The van der Waals surface area contributed by atoms with Gasteiger partial charge in [0.2, 0.25) is 0 Å². The van der Waals surface area contributed by atoms with Gasteiger partial charge < -0.3 is 4.57 Å². The van der Waals surface area contributed by atoms with Crippen LogP contribution in [0.5, 0.6) is 0 Å². The summed E-state index contributed by atoms with van der Waals surface area (Å²) < 4.78 is 2.22. The van der Waals surface area contributed by atoms with Crippen LogP contribution in [-0.4, -0.2) is 15.3 Å². The van der Waals surface area contributed by atoms with E-state index in [0.29, 0.717) is 12.5 Å². The lowest BCUT2D eigenvalue weighted by Gasteiger charge is -2.10. The fourth-order valence-corrected chi connectivity index (χ4v) is 2.31. The highest BCUT2D eigenvalue weighted by Gasteiger charge is 2.10. The molecule has 0 unspecified atom stereocenters. The number of carbonyl (C=O) groups excluding carboxylic acids is 1. The highest BCUT2D eigenvalue weighted by Crippen LogP contribution is 2.21. The molecule has 2 rings (SSSR count). The lowest BCUT2D eigenvalue weighted by Crippen LogP contribution is -2.02. The van der Waals surface area contributed by atoms with Crippen LogP contribution < -0.4 is 0 Å². The van der Waals surface area contributed by atoms with E-state index in [9.17, 15) is 4.79 Å². The number of hydrogen-bond acceptors (Lipinski definition) is 2. The Morgan fingerprint density at radius 3 is 2.71 bits per heavy atom. The number of aromatic nitrogens is 2. The van der Waals surface area contributed by atoms with Crippen LogP contribution in [0, 0.1) is 6.92 Å². The lowest BCUT2D eigenvalue weighted by atomic mass is 10.1. The maximum absolute atomic E-state index is 11.1. The number of Topliss-reactive ketones (excluding diaryl/α,β-unsaturated/α-hetero) is 1. The van der Waals surface area contributed by atoms with Crippen molar-refractivity contribution in [1.29, 1.82) is 0 Å². The Hall–Kier alpha value is -1.64. The molecular formula is C14H18N2O. The van der Waals surface area contributed by atoms with Crippen molar-refractivity contribution < 1.29 is 4.79 Å². The van der Waals surface area contributed by atoms with Gasteiger partial charge in [-0.1, -0.05) is 6.07 Å². The van der Waals surface area contributed by atoms with Gasteiger partial charge in [0.25, 0.3) is 0 Å². The molecule has 0 aliphatic rings. The summed E-state index contributed by atoms with van der Waals surface area (Å²) in [6.45, 7) is 7.93. The summed E-state index contributed by atoms with van der Waals surface area (Å²) in [5.41, 5.74) is 3.16. The summed E-state index contributed by atoms with van der Waals surface area (Å²) in [6, 6.07) is 6.50. The molecule has 17 heavy (non-hydrogen) atoms. The third kappa shape index (κ3) is 2.23. The monoisotopic (exact) mass is 230 g/mol. The van der Waals surface area contributed by atoms with E-state index < -0.39 is 0 Å². The first-order valence-corrected chi connectivity index (χ1v) is 5.96. The van der Waals surface area contributed by atoms with Gasteiger partial charge in [0.15, 0.2) is 0 Å². The van der Waals surface area contributed by atoms with E-state index in [2.05, 4.69) is 29.5 Å². The maximum atomic E-state index is 11.1. The minimum Gasteiger partial charge on any atom is -0.326 e. The summed E-state index contributed by atoms with van der Waals surface area (Å²) in [5.74, 6) is 1.21. The number of benzene rings is 1. The van der Waals surface area contributed by atoms with E-state index in [1.807, 2.05) is 19.1 Å². The third-order valence-corrected chi connectivity index (χ3v) is 2.90. The molecule has 0 bridgehead atoms. The Bertz CT molecular complexity index is 567. The van der Waals surface area contributed by atoms with Crippen molar-refractivity contribution in [3.05, 3.63) is 29.6 Å². The molecule has 0 atom stereocenters. The van der Waals surface area contributed by atoms with Gasteiger partial charge in [0.05, 0.1) is 11.0 Å². The largest absolute Gasteiger partial charge is 0.326 e. The van der Waals surface area contributed by atoms with Gasteiger partial charge in [-0.15, -0.1) is 0 Å². The Labute approximate surface area is 101 Å². The van der Waals surface area contributed by atoms with E-state index in [4.69, 9.17) is 0 Å². The SMILES string of the molecule is CC(=O)Cc1ccc2c(c1)nc(C)n2C(C)C. The molecule has 1 aromatic heterocycles. The first-order chi connectivity index (χ1) is 7.99. The molecule has 2 aromatic rings. The minimum atomic E-state index is 0.185. The van der Waals surface area contributed by atoms with Crippen molar-refractivity contribution >= 4 is 16.8 Å². The van der Waals surface area contributed by atoms with Gasteiger partial charge >= 0.3 is 0 Å². The smallest absolute Gasteiger partial charge is 0.134 e. The molecule has 0 aliphatic heterocycles. The second-order valence-electron chi connectivity index (χ2n) is 4.82. The zero-order valence-electron chi connectivity index (χ0n) is 10.8. The van der Waals surface area contributed by atoms with Crippen molar-refractivity contribution in [2.75, 3.05) is 0 Å². The zero-order chi connectivity index (χ0) is 12.6. The maximum Gasteiger partial charge on any atom is 0.134 e. The van der Waals surface area contributed by atoms with E-state index in [1.165, 1.54) is 0 Å².